The van der Waals surface area contributed by atoms with E-state index in [9.17, 15) is 0 Å². The molecule has 1 N–H and O–H groups in total. The smallest absolute Gasteiger partial charge is 0.126 e. The Morgan fingerprint density at radius 2 is 2.10 bits per heavy atom. The third-order valence-corrected chi connectivity index (χ3v) is 4.50. The molecule has 0 amide bonds. The van der Waals surface area contributed by atoms with Gasteiger partial charge in [0.15, 0.2) is 0 Å². The van der Waals surface area contributed by atoms with E-state index in [1.165, 1.54) is 16.7 Å². The fraction of sp³-hybridized carbons (Fsp3) is 0.667. The largest absolute Gasteiger partial charge is 0.496 e. The molecule has 2 rings (SSSR count). The summed E-state index contributed by atoms with van der Waals surface area (Å²) in [5, 5.41) is 3.66. The molecular weight excluding hydrogens is 262 g/mol. The lowest BCUT2D eigenvalue weighted by Crippen LogP contribution is -2.33. The maximum atomic E-state index is 6.13. The number of rotatable bonds is 6. The molecule has 1 fully saturated rings. The summed E-state index contributed by atoms with van der Waals surface area (Å²) in [6.07, 6.45) is 3.97. The molecule has 1 aliphatic rings. The van der Waals surface area contributed by atoms with Gasteiger partial charge in [-0.1, -0.05) is 19.1 Å². The first-order valence-corrected chi connectivity index (χ1v) is 8.11. The number of nitrogens with one attached hydrogen (secondary N) is 1. The summed E-state index contributed by atoms with van der Waals surface area (Å²) in [5.41, 5.74) is 3.73. The van der Waals surface area contributed by atoms with E-state index in [1.807, 2.05) is 0 Å². The van der Waals surface area contributed by atoms with E-state index < -0.39 is 0 Å². The van der Waals surface area contributed by atoms with Gasteiger partial charge >= 0.3 is 0 Å². The minimum Gasteiger partial charge on any atom is -0.496 e. The van der Waals surface area contributed by atoms with E-state index in [4.69, 9.17) is 9.47 Å². The van der Waals surface area contributed by atoms with Crippen molar-refractivity contribution >= 4 is 0 Å². The molecule has 0 saturated carbocycles. The summed E-state index contributed by atoms with van der Waals surface area (Å²) < 4.78 is 11.8. The Kier molecular flexibility index (Phi) is 5.65. The van der Waals surface area contributed by atoms with Gasteiger partial charge in [-0.3, -0.25) is 0 Å². The summed E-state index contributed by atoms with van der Waals surface area (Å²) in [4.78, 5) is 0. The Morgan fingerprint density at radius 3 is 2.67 bits per heavy atom. The van der Waals surface area contributed by atoms with Crippen LogP contribution in [-0.2, 0) is 4.74 Å². The zero-order valence-electron chi connectivity index (χ0n) is 14.0. The summed E-state index contributed by atoms with van der Waals surface area (Å²) in [5.74, 6) is 1.01. The Labute approximate surface area is 129 Å². The second kappa shape index (κ2) is 7.28. The molecule has 0 bridgehead atoms. The number of aryl methyl sites for hydroxylation is 1. The Balaban J connectivity index is 2.34. The third-order valence-electron chi connectivity index (χ3n) is 4.50. The van der Waals surface area contributed by atoms with Crippen LogP contribution in [0.15, 0.2) is 12.1 Å². The molecule has 3 unspecified atom stereocenters. The number of ether oxygens (including phenoxy) is 2. The fourth-order valence-electron chi connectivity index (χ4n) is 3.15. The van der Waals surface area contributed by atoms with Crippen LogP contribution in [-0.4, -0.2) is 25.9 Å². The first-order chi connectivity index (χ1) is 10.1. The summed E-state index contributed by atoms with van der Waals surface area (Å²) >= 11 is 0. The first-order valence-electron chi connectivity index (χ1n) is 8.11. The fourth-order valence-corrected chi connectivity index (χ4v) is 3.15. The third kappa shape index (κ3) is 3.58. The van der Waals surface area contributed by atoms with Crippen LogP contribution in [0.2, 0.25) is 0 Å². The summed E-state index contributed by atoms with van der Waals surface area (Å²) in [6.45, 7) is 9.61. The number of benzene rings is 1. The lowest BCUT2D eigenvalue weighted by Gasteiger charge is -2.28. The molecule has 3 heteroatoms. The van der Waals surface area contributed by atoms with Gasteiger partial charge in [0.2, 0.25) is 0 Å². The average Bonchev–Trinajstić information content (AvgIpc) is 2.89. The number of hydrogen-bond donors (Lipinski definition) is 1. The van der Waals surface area contributed by atoms with Gasteiger partial charge < -0.3 is 14.8 Å². The molecule has 21 heavy (non-hydrogen) atoms. The standard InChI is InChI=1S/C18H29NO2/c1-6-11-19-17(16-10-8-13(3)21-16)15-9-7-12(2)14(4)18(15)20-5/h7,9,13,16-17,19H,6,8,10-11H2,1-5H3. The first kappa shape index (κ1) is 16.3. The lowest BCUT2D eigenvalue weighted by molar-refractivity contribution is 0.0311. The molecule has 0 spiro atoms. The van der Waals surface area contributed by atoms with Crippen LogP contribution < -0.4 is 10.1 Å². The highest BCUT2D eigenvalue weighted by molar-refractivity contribution is 5.47. The molecule has 118 valence electrons. The van der Waals surface area contributed by atoms with Crippen molar-refractivity contribution in [2.45, 2.75) is 65.2 Å². The predicted octanol–water partition coefficient (Wildman–Crippen LogP) is 3.92. The van der Waals surface area contributed by atoms with Crippen molar-refractivity contribution in [2.24, 2.45) is 0 Å². The van der Waals surface area contributed by atoms with Gasteiger partial charge in [0.1, 0.15) is 5.75 Å². The Hall–Kier alpha value is -1.06. The maximum Gasteiger partial charge on any atom is 0.126 e. The van der Waals surface area contributed by atoms with Crippen molar-refractivity contribution in [1.82, 2.24) is 5.32 Å². The molecule has 1 aliphatic heterocycles. The van der Waals surface area contributed by atoms with Gasteiger partial charge in [0.05, 0.1) is 25.4 Å². The second-order valence-corrected chi connectivity index (χ2v) is 6.12. The minimum atomic E-state index is 0.212. The molecule has 3 atom stereocenters. The molecule has 1 aromatic rings. The van der Waals surface area contributed by atoms with E-state index in [-0.39, 0.29) is 12.1 Å². The average molecular weight is 291 g/mol. The van der Waals surface area contributed by atoms with Gasteiger partial charge in [0, 0.05) is 5.56 Å². The lowest BCUT2D eigenvalue weighted by atomic mass is 9.94. The van der Waals surface area contributed by atoms with Crippen molar-refractivity contribution in [3.63, 3.8) is 0 Å². The Morgan fingerprint density at radius 1 is 1.33 bits per heavy atom. The molecule has 1 aromatic carbocycles. The highest BCUT2D eigenvalue weighted by Gasteiger charge is 2.32. The van der Waals surface area contributed by atoms with Gasteiger partial charge in [-0.05, 0) is 57.7 Å². The van der Waals surface area contributed by atoms with E-state index >= 15 is 0 Å². The molecule has 1 saturated heterocycles. The van der Waals surface area contributed by atoms with E-state index in [2.05, 4.69) is 45.1 Å². The molecule has 0 aliphatic carbocycles. The maximum absolute atomic E-state index is 6.13. The normalized spacial score (nSPS) is 23.3. The van der Waals surface area contributed by atoms with Gasteiger partial charge in [0.25, 0.3) is 0 Å². The number of hydrogen-bond acceptors (Lipinski definition) is 3. The molecule has 0 radical (unpaired) electrons. The van der Waals surface area contributed by atoms with E-state index in [0.29, 0.717) is 6.10 Å². The van der Waals surface area contributed by atoms with Crippen molar-refractivity contribution in [3.8, 4) is 5.75 Å². The van der Waals surface area contributed by atoms with Crippen LogP contribution in [0.1, 0.15) is 55.8 Å². The Bertz CT molecular complexity index is 473. The molecular formula is C18H29NO2. The SMILES string of the molecule is CCCNC(c1ccc(C)c(C)c1OC)C1CCC(C)O1. The van der Waals surface area contributed by atoms with Crippen LogP contribution in [0.25, 0.3) is 0 Å². The van der Waals surface area contributed by atoms with Gasteiger partial charge in [-0.25, -0.2) is 0 Å². The summed E-state index contributed by atoms with van der Waals surface area (Å²) in [7, 11) is 1.76. The molecule has 0 aromatic heterocycles. The van der Waals surface area contributed by atoms with Crippen LogP contribution in [0.5, 0.6) is 5.75 Å². The quantitative estimate of drug-likeness (QED) is 0.861. The highest BCUT2D eigenvalue weighted by atomic mass is 16.5. The van der Waals surface area contributed by atoms with Crippen molar-refractivity contribution < 1.29 is 9.47 Å². The van der Waals surface area contributed by atoms with Crippen LogP contribution in [0.3, 0.4) is 0 Å². The minimum absolute atomic E-state index is 0.212. The summed E-state index contributed by atoms with van der Waals surface area (Å²) in [6, 6.07) is 4.59. The van der Waals surface area contributed by atoms with Crippen LogP contribution in [0, 0.1) is 13.8 Å². The van der Waals surface area contributed by atoms with Crippen LogP contribution >= 0.6 is 0 Å². The van der Waals surface area contributed by atoms with E-state index in [0.717, 1.165) is 31.6 Å². The van der Waals surface area contributed by atoms with Crippen LogP contribution in [0.4, 0.5) is 0 Å². The number of methoxy groups -OCH3 is 1. The van der Waals surface area contributed by atoms with Gasteiger partial charge in [-0.15, -0.1) is 0 Å². The highest BCUT2D eigenvalue weighted by Crippen LogP contribution is 2.37. The zero-order valence-corrected chi connectivity index (χ0v) is 14.0. The van der Waals surface area contributed by atoms with Crippen molar-refractivity contribution in [2.75, 3.05) is 13.7 Å². The predicted molar refractivity (Wildman–Crippen MR) is 87.1 cm³/mol. The molecule has 1 heterocycles. The van der Waals surface area contributed by atoms with E-state index in [1.54, 1.807) is 7.11 Å². The monoisotopic (exact) mass is 291 g/mol. The van der Waals surface area contributed by atoms with Crippen molar-refractivity contribution in [1.29, 1.82) is 0 Å². The van der Waals surface area contributed by atoms with Gasteiger partial charge in [-0.2, -0.15) is 0 Å². The van der Waals surface area contributed by atoms with Crippen molar-refractivity contribution in [3.05, 3.63) is 28.8 Å². The zero-order chi connectivity index (χ0) is 15.4. The second-order valence-electron chi connectivity index (χ2n) is 6.12. The molecule has 3 nitrogen and oxygen atoms in total. The topological polar surface area (TPSA) is 30.5 Å².